The van der Waals surface area contributed by atoms with Gasteiger partial charge in [0.1, 0.15) is 0 Å². The van der Waals surface area contributed by atoms with Gasteiger partial charge in [0.25, 0.3) is 0 Å². The van der Waals surface area contributed by atoms with Crippen molar-refractivity contribution in [2.75, 3.05) is 29.9 Å². The van der Waals surface area contributed by atoms with Gasteiger partial charge in [-0.15, -0.1) is 0 Å². The van der Waals surface area contributed by atoms with Crippen molar-refractivity contribution in [3.63, 3.8) is 0 Å². The molecule has 2 saturated heterocycles. The van der Waals surface area contributed by atoms with Crippen molar-refractivity contribution < 1.29 is 9.53 Å². The van der Waals surface area contributed by atoms with E-state index in [2.05, 4.69) is 48.4 Å². The van der Waals surface area contributed by atoms with Gasteiger partial charge >= 0.3 is 6.03 Å². The van der Waals surface area contributed by atoms with E-state index in [1.54, 1.807) is 0 Å². The van der Waals surface area contributed by atoms with E-state index >= 15 is 0 Å². The van der Waals surface area contributed by atoms with Gasteiger partial charge < -0.3 is 20.3 Å². The van der Waals surface area contributed by atoms with Gasteiger partial charge in [0.05, 0.1) is 6.10 Å². The van der Waals surface area contributed by atoms with Crippen LogP contribution in [0, 0.1) is 17.3 Å². The molecular weight excluding hydrogens is 314 g/mol. The molecule has 0 aromatic heterocycles. The van der Waals surface area contributed by atoms with Crippen molar-refractivity contribution in [3.05, 3.63) is 24.3 Å². The fraction of sp³-hybridized carbons (Fsp3) is 0.650. The summed E-state index contributed by atoms with van der Waals surface area (Å²) < 4.78 is 5.79. The maximum absolute atomic E-state index is 12.4. The van der Waals surface area contributed by atoms with E-state index in [4.69, 9.17) is 4.74 Å². The molecule has 4 rings (SSSR count). The highest BCUT2D eigenvalue weighted by atomic mass is 16.5. The number of carbonyl (C=O) groups is 1. The quantitative estimate of drug-likeness (QED) is 0.884. The highest BCUT2D eigenvalue weighted by Gasteiger charge is 2.59. The smallest absolute Gasteiger partial charge is 0.319 e. The molecule has 1 aliphatic carbocycles. The molecule has 1 aromatic carbocycles. The summed E-state index contributed by atoms with van der Waals surface area (Å²) in [6.45, 7) is 9.70. The summed E-state index contributed by atoms with van der Waals surface area (Å²) in [5.74, 6) is 1.22. The second-order valence-electron chi connectivity index (χ2n) is 8.53. The molecule has 0 spiro atoms. The molecule has 25 heavy (non-hydrogen) atoms. The summed E-state index contributed by atoms with van der Waals surface area (Å²) in [6.07, 6.45) is 2.59. The van der Waals surface area contributed by atoms with E-state index in [0.29, 0.717) is 12.0 Å². The van der Waals surface area contributed by atoms with Crippen LogP contribution in [0.5, 0.6) is 0 Å². The van der Waals surface area contributed by atoms with Crippen LogP contribution in [0.3, 0.4) is 0 Å². The molecule has 5 heteroatoms. The first-order valence-electron chi connectivity index (χ1n) is 9.49. The van der Waals surface area contributed by atoms with Gasteiger partial charge in [0.15, 0.2) is 0 Å². The molecular formula is C20H29N3O2. The molecule has 3 fully saturated rings. The predicted molar refractivity (Wildman–Crippen MR) is 100 cm³/mol. The first-order valence-corrected chi connectivity index (χ1v) is 9.49. The number of fused-ring (bicyclic) bond motifs is 1. The van der Waals surface area contributed by atoms with Crippen LogP contribution in [0.2, 0.25) is 0 Å². The normalized spacial score (nSPS) is 32.8. The summed E-state index contributed by atoms with van der Waals surface area (Å²) in [5, 5.41) is 6.14. The van der Waals surface area contributed by atoms with Crippen LogP contribution >= 0.6 is 0 Å². The molecule has 136 valence electrons. The Kier molecular flexibility index (Phi) is 4.14. The summed E-state index contributed by atoms with van der Waals surface area (Å²) in [6, 6.07) is 8.25. The van der Waals surface area contributed by atoms with Crippen LogP contribution in [-0.2, 0) is 4.74 Å². The monoisotopic (exact) mass is 343 g/mol. The summed E-state index contributed by atoms with van der Waals surface area (Å²) in [7, 11) is 0. The number of rotatable bonds is 3. The van der Waals surface area contributed by atoms with Crippen LogP contribution in [0.1, 0.15) is 33.6 Å². The summed E-state index contributed by atoms with van der Waals surface area (Å²) >= 11 is 0. The van der Waals surface area contributed by atoms with Gasteiger partial charge in [0.2, 0.25) is 0 Å². The number of carbonyl (C=O) groups excluding carboxylic acids is 1. The Balaban J connectivity index is 1.33. The lowest BCUT2D eigenvalue weighted by molar-refractivity contribution is -0.107. The number of nitrogens with zero attached hydrogens (tertiary/aromatic N) is 1. The zero-order valence-electron chi connectivity index (χ0n) is 15.4. The number of ether oxygens (including phenoxy) is 1. The average molecular weight is 343 g/mol. The van der Waals surface area contributed by atoms with Crippen molar-refractivity contribution in [3.8, 4) is 0 Å². The van der Waals surface area contributed by atoms with E-state index in [1.165, 1.54) is 12.1 Å². The zero-order chi connectivity index (χ0) is 17.6. The number of urea groups is 1. The molecule has 2 aliphatic heterocycles. The second kappa shape index (κ2) is 6.20. The third kappa shape index (κ3) is 2.99. The van der Waals surface area contributed by atoms with Gasteiger partial charge in [-0.1, -0.05) is 20.8 Å². The molecule has 4 atom stereocenters. The maximum Gasteiger partial charge on any atom is 0.319 e. The Morgan fingerprint density at radius 1 is 1.24 bits per heavy atom. The van der Waals surface area contributed by atoms with E-state index in [1.807, 2.05) is 12.1 Å². The number of nitrogens with one attached hydrogen (secondary N) is 2. The molecule has 1 aromatic rings. The third-order valence-electron chi connectivity index (χ3n) is 6.30. The van der Waals surface area contributed by atoms with Crippen molar-refractivity contribution in [1.82, 2.24) is 5.32 Å². The minimum absolute atomic E-state index is 0.00874. The lowest BCUT2D eigenvalue weighted by Crippen LogP contribution is -2.67. The molecule has 2 N–H and O–H groups in total. The van der Waals surface area contributed by atoms with E-state index < -0.39 is 0 Å². The van der Waals surface area contributed by atoms with Crippen LogP contribution in [0.15, 0.2) is 24.3 Å². The number of benzene rings is 1. The Morgan fingerprint density at radius 3 is 2.68 bits per heavy atom. The predicted octanol–water partition coefficient (Wildman–Crippen LogP) is 3.47. The topological polar surface area (TPSA) is 53.6 Å². The molecule has 0 unspecified atom stereocenters. The lowest BCUT2D eigenvalue weighted by atomic mass is 9.57. The molecule has 2 amide bonds. The Morgan fingerprint density at radius 2 is 2.00 bits per heavy atom. The molecule has 3 aliphatic rings. The molecule has 0 radical (unpaired) electrons. The number of hydrogen-bond donors (Lipinski definition) is 2. The van der Waals surface area contributed by atoms with Gasteiger partial charge in [-0.3, -0.25) is 0 Å². The molecule has 2 heterocycles. The minimum atomic E-state index is -0.119. The van der Waals surface area contributed by atoms with Crippen molar-refractivity contribution in [2.24, 2.45) is 17.3 Å². The second-order valence-corrected chi connectivity index (χ2v) is 8.53. The molecule has 5 nitrogen and oxygen atoms in total. The Bertz CT molecular complexity index is 643. The fourth-order valence-electron chi connectivity index (χ4n) is 4.85. The van der Waals surface area contributed by atoms with Crippen LogP contribution in [0.25, 0.3) is 0 Å². The van der Waals surface area contributed by atoms with E-state index in [0.717, 1.165) is 37.7 Å². The van der Waals surface area contributed by atoms with E-state index in [-0.39, 0.29) is 17.5 Å². The lowest BCUT2D eigenvalue weighted by Gasteiger charge is -2.54. The third-order valence-corrected chi connectivity index (χ3v) is 6.30. The van der Waals surface area contributed by atoms with Crippen molar-refractivity contribution in [2.45, 2.75) is 45.8 Å². The highest BCUT2D eigenvalue weighted by Crippen LogP contribution is 2.52. The molecule has 1 saturated carbocycles. The first-order chi connectivity index (χ1) is 11.9. The number of anilines is 2. The standard InChI is InChI=1S/C20H29N3O2/c1-13-8-10-23(12-13)15-6-4-14(5-7-15)21-19(24)22-17-16-9-11-25-18(16)20(17,2)3/h4-7,13,16-18H,8-12H2,1-3H3,(H2,21,22,24)/t13-,16-,17-,18+/m1/s1. The van der Waals surface area contributed by atoms with Crippen LogP contribution < -0.4 is 15.5 Å². The van der Waals surface area contributed by atoms with Gasteiger partial charge in [-0.25, -0.2) is 4.79 Å². The summed E-state index contributed by atoms with van der Waals surface area (Å²) in [4.78, 5) is 14.8. The van der Waals surface area contributed by atoms with Gasteiger partial charge in [-0.2, -0.15) is 0 Å². The maximum atomic E-state index is 12.4. The first kappa shape index (κ1) is 16.7. The average Bonchev–Trinajstić information content (AvgIpc) is 3.21. The van der Waals surface area contributed by atoms with Crippen molar-refractivity contribution in [1.29, 1.82) is 0 Å². The highest BCUT2D eigenvalue weighted by molar-refractivity contribution is 5.89. The number of amides is 2. The van der Waals surface area contributed by atoms with Crippen molar-refractivity contribution >= 4 is 17.4 Å². The number of hydrogen-bond acceptors (Lipinski definition) is 3. The van der Waals surface area contributed by atoms with Crippen LogP contribution in [0.4, 0.5) is 16.2 Å². The SMILES string of the molecule is C[C@@H]1CCN(c2ccc(NC(=O)N[C@@H]3[C@H]4CCO[C@@H]4C3(C)C)cc2)C1. The van der Waals surface area contributed by atoms with Gasteiger partial charge in [-0.05, 0) is 43.0 Å². The van der Waals surface area contributed by atoms with Gasteiger partial charge in [0, 0.05) is 48.4 Å². The van der Waals surface area contributed by atoms with Crippen LogP contribution in [-0.4, -0.2) is 37.9 Å². The Hall–Kier alpha value is -1.75. The fourth-order valence-corrected chi connectivity index (χ4v) is 4.85. The van der Waals surface area contributed by atoms with E-state index in [9.17, 15) is 4.79 Å². The minimum Gasteiger partial charge on any atom is -0.377 e. The zero-order valence-corrected chi connectivity index (χ0v) is 15.4. The summed E-state index contributed by atoms with van der Waals surface area (Å²) in [5.41, 5.74) is 2.08. The Labute approximate surface area is 150 Å². The largest absolute Gasteiger partial charge is 0.377 e. The molecule has 0 bridgehead atoms.